The summed E-state index contributed by atoms with van der Waals surface area (Å²) < 4.78 is 53.0. The molecule has 0 amide bonds. The van der Waals surface area contributed by atoms with Crippen molar-refractivity contribution >= 4 is 35.8 Å². The van der Waals surface area contributed by atoms with Gasteiger partial charge in [-0.3, -0.25) is 14.4 Å². The molecule has 0 aromatic heterocycles. The van der Waals surface area contributed by atoms with Crippen LogP contribution in [0.5, 0.6) is 0 Å². The molecule has 16 heteroatoms. The number of ether oxygens (including phenoxy) is 9. The molecular weight excluding hydrogens is 784 g/mol. The maximum absolute atomic E-state index is 13.7. The lowest BCUT2D eigenvalue weighted by atomic mass is 9.97. The average Bonchev–Trinajstić information content (AvgIpc) is 3.68. The third kappa shape index (κ3) is 11.7. The Hall–Kier alpha value is -5.68. The zero-order valence-corrected chi connectivity index (χ0v) is 34.3. The lowest BCUT2D eigenvalue weighted by Gasteiger charge is -2.32. The van der Waals surface area contributed by atoms with Crippen LogP contribution in [0.15, 0.2) is 91.0 Å². The quantitative estimate of drug-likeness (QED) is 0.174. The van der Waals surface area contributed by atoms with E-state index < -0.39 is 115 Å². The molecule has 2 fully saturated rings. The van der Waals surface area contributed by atoms with Crippen LogP contribution in [-0.2, 0) is 57.0 Å². The third-order valence-electron chi connectivity index (χ3n) is 9.21. The molecule has 9 atom stereocenters. The van der Waals surface area contributed by atoms with E-state index in [0.29, 0.717) is 0 Å². The van der Waals surface area contributed by atoms with Crippen molar-refractivity contribution in [3.05, 3.63) is 108 Å². The van der Waals surface area contributed by atoms with Gasteiger partial charge in [0.2, 0.25) is 0 Å². The highest BCUT2D eigenvalue weighted by atomic mass is 16.8. The Kier molecular flexibility index (Phi) is 14.8. The number of aliphatic hydroxyl groups is 1. The molecule has 2 heterocycles. The number of benzene rings is 3. The Morgan fingerprint density at radius 3 is 1.55 bits per heavy atom. The summed E-state index contributed by atoms with van der Waals surface area (Å²) in [5, 5.41) is 11.1. The van der Waals surface area contributed by atoms with E-state index in [1.54, 1.807) is 96.1 Å². The Balaban J connectivity index is 1.55. The van der Waals surface area contributed by atoms with Crippen molar-refractivity contribution in [1.82, 2.24) is 0 Å². The molecule has 0 radical (unpaired) electrons. The van der Waals surface area contributed by atoms with Gasteiger partial charge in [0, 0.05) is 6.92 Å². The van der Waals surface area contributed by atoms with Gasteiger partial charge in [0.1, 0.15) is 31.5 Å². The van der Waals surface area contributed by atoms with Crippen LogP contribution in [0.3, 0.4) is 0 Å². The fourth-order valence-electron chi connectivity index (χ4n) is 6.02. The molecule has 1 unspecified atom stereocenters. The van der Waals surface area contributed by atoms with Gasteiger partial charge in [-0.2, -0.15) is 0 Å². The molecule has 5 rings (SSSR count). The van der Waals surface area contributed by atoms with Gasteiger partial charge >= 0.3 is 35.8 Å². The summed E-state index contributed by atoms with van der Waals surface area (Å²) in [7, 11) is 0. The molecule has 0 spiro atoms. The smallest absolute Gasteiger partial charge is 0.338 e. The van der Waals surface area contributed by atoms with Gasteiger partial charge in [0.05, 0.1) is 27.5 Å². The normalized spacial score (nSPS) is 24.4. The first-order valence-corrected chi connectivity index (χ1v) is 19.3. The van der Waals surface area contributed by atoms with Crippen LogP contribution in [0.1, 0.15) is 79.5 Å². The van der Waals surface area contributed by atoms with Crippen molar-refractivity contribution in [3.63, 3.8) is 0 Å². The first-order chi connectivity index (χ1) is 28.3. The molecule has 0 aliphatic carbocycles. The van der Waals surface area contributed by atoms with Crippen LogP contribution in [0.4, 0.5) is 0 Å². The van der Waals surface area contributed by atoms with Crippen molar-refractivity contribution in [3.8, 4) is 0 Å². The lowest BCUT2D eigenvalue weighted by Crippen LogP contribution is -2.50. The summed E-state index contributed by atoms with van der Waals surface area (Å²) in [6.07, 6.45) is -14.2. The minimum Gasteiger partial charge on any atom is -0.462 e. The molecule has 2 aliphatic rings. The van der Waals surface area contributed by atoms with E-state index in [1.807, 2.05) is 0 Å². The van der Waals surface area contributed by atoms with Crippen molar-refractivity contribution in [2.24, 2.45) is 10.8 Å². The minimum absolute atomic E-state index is 0.111. The number of esters is 6. The van der Waals surface area contributed by atoms with E-state index in [9.17, 15) is 33.9 Å². The predicted molar refractivity (Wildman–Crippen MR) is 208 cm³/mol. The topological polar surface area (TPSA) is 206 Å². The highest BCUT2D eigenvalue weighted by Gasteiger charge is 2.57. The summed E-state index contributed by atoms with van der Waals surface area (Å²) in [5.74, 6) is -4.75. The molecule has 322 valence electrons. The van der Waals surface area contributed by atoms with E-state index >= 15 is 0 Å². The Morgan fingerprint density at radius 2 is 1.07 bits per heavy atom. The van der Waals surface area contributed by atoms with Gasteiger partial charge in [0.25, 0.3) is 0 Å². The Bertz CT molecular complexity index is 1960. The number of rotatable bonds is 14. The summed E-state index contributed by atoms with van der Waals surface area (Å²) in [4.78, 5) is 79.1. The summed E-state index contributed by atoms with van der Waals surface area (Å²) >= 11 is 0. The highest BCUT2D eigenvalue weighted by molar-refractivity contribution is 5.91. The molecular formula is C44H50O16. The van der Waals surface area contributed by atoms with Crippen LogP contribution < -0.4 is 0 Å². The summed E-state index contributed by atoms with van der Waals surface area (Å²) in [6, 6.07) is 23.9. The van der Waals surface area contributed by atoms with E-state index in [1.165, 1.54) is 36.4 Å². The van der Waals surface area contributed by atoms with Crippen LogP contribution in [0.2, 0.25) is 0 Å². The number of carbonyl (C=O) groups is 6. The molecule has 3 aromatic carbocycles. The van der Waals surface area contributed by atoms with Crippen molar-refractivity contribution in [1.29, 1.82) is 0 Å². The van der Waals surface area contributed by atoms with Gasteiger partial charge in [-0.1, -0.05) is 54.6 Å². The molecule has 60 heavy (non-hydrogen) atoms. The van der Waals surface area contributed by atoms with E-state index in [2.05, 4.69) is 0 Å². The van der Waals surface area contributed by atoms with Crippen molar-refractivity contribution in [2.45, 2.75) is 104 Å². The first kappa shape index (κ1) is 45.4. The molecule has 2 saturated heterocycles. The van der Waals surface area contributed by atoms with Gasteiger partial charge in [0.15, 0.2) is 37.0 Å². The summed E-state index contributed by atoms with van der Waals surface area (Å²) in [6.45, 7) is 9.48. The maximum atomic E-state index is 13.7. The standard InChI is InChI=1S/C44H50O16/c1-25(45)54-33-31(58-39(49)34(33)60-42(51)44(5,6)7)30(24-53-41(50)43(2,3)4)56-40-35(59-38(48)28-21-15-10-16-22-28)32(57-37(47)27-19-13-9-14-20-27)29(55-40)23-52-36(46)26-17-11-8-12-18-26/h8-22,29-35,39-40,49H,23-24H2,1-7H3/t29-,30-,31+,32-,33+,34-,35+,39?,40-/m1/s1. The van der Waals surface area contributed by atoms with Crippen LogP contribution in [-0.4, -0.2) is 109 Å². The second-order valence-corrected chi connectivity index (χ2v) is 16.2. The van der Waals surface area contributed by atoms with Gasteiger partial charge in [-0.25, -0.2) is 14.4 Å². The zero-order valence-electron chi connectivity index (χ0n) is 34.3. The van der Waals surface area contributed by atoms with E-state index in [-0.39, 0.29) is 16.7 Å². The van der Waals surface area contributed by atoms with Gasteiger partial charge in [-0.15, -0.1) is 0 Å². The SMILES string of the molecule is CC(=O)O[C@H]1[C@H]([C@@H](COC(=O)C(C)(C)C)O[C@H]2O[C@H](COC(=O)c3ccccc3)[C@@H](OC(=O)c3ccccc3)[C@@H]2OC(=O)c2ccccc2)OC(O)[C@@H]1OC(=O)C(C)(C)C. The lowest BCUT2D eigenvalue weighted by molar-refractivity contribution is -0.239. The first-order valence-electron chi connectivity index (χ1n) is 19.3. The number of hydrogen-bond acceptors (Lipinski definition) is 16. The molecule has 1 N–H and O–H groups in total. The van der Waals surface area contributed by atoms with Gasteiger partial charge < -0.3 is 47.7 Å². The Labute approximate surface area is 347 Å². The summed E-state index contributed by atoms with van der Waals surface area (Å²) in [5.41, 5.74) is -1.60. The van der Waals surface area contributed by atoms with Crippen LogP contribution >= 0.6 is 0 Å². The molecule has 2 aliphatic heterocycles. The fourth-order valence-corrected chi connectivity index (χ4v) is 6.02. The molecule has 0 saturated carbocycles. The fraction of sp³-hybridized carbons (Fsp3) is 0.455. The van der Waals surface area contributed by atoms with E-state index in [0.717, 1.165) is 6.92 Å². The number of hydrogen-bond donors (Lipinski definition) is 1. The zero-order chi connectivity index (χ0) is 43.8. The maximum Gasteiger partial charge on any atom is 0.338 e. The van der Waals surface area contributed by atoms with Crippen molar-refractivity contribution < 1.29 is 76.5 Å². The number of aliphatic hydroxyl groups excluding tert-OH is 1. The molecule has 3 aromatic rings. The highest BCUT2D eigenvalue weighted by Crippen LogP contribution is 2.36. The monoisotopic (exact) mass is 834 g/mol. The van der Waals surface area contributed by atoms with Gasteiger partial charge in [-0.05, 0) is 77.9 Å². The largest absolute Gasteiger partial charge is 0.462 e. The minimum atomic E-state index is -1.86. The van der Waals surface area contributed by atoms with Crippen LogP contribution in [0.25, 0.3) is 0 Å². The third-order valence-corrected chi connectivity index (χ3v) is 9.21. The second-order valence-electron chi connectivity index (χ2n) is 16.2. The molecule has 0 bridgehead atoms. The average molecular weight is 835 g/mol. The number of carbonyl (C=O) groups excluding carboxylic acids is 6. The van der Waals surface area contributed by atoms with Crippen LogP contribution in [0, 0.1) is 10.8 Å². The Morgan fingerprint density at radius 1 is 0.583 bits per heavy atom. The molecule has 16 nitrogen and oxygen atoms in total. The predicted octanol–water partition coefficient (Wildman–Crippen LogP) is 4.60. The van der Waals surface area contributed by atoms with Crippen molar-refractivity contribution in [2.75, 3.05) is 13.2 Å². The van der Waals surface area contributed by atoms with E-state index in [4.69, 9.17) is 42.6 Å². The second kappa shape index (κ2) is 19.6.